The van der Waals surface area contributed by atoms with Crippen LogP contribution in [0.4, 0.5) is 5.13 Å². The number of carbonyl (C=O) groups is 1. The second-order valence-corrected chi connectivity index (χ2v) is 9.84. The van der Waals surface area contributed by atoms with Crippen LogP contribution >= 0.6 is 34.5 Å². The summed E-state index contributed by atoms with van der Waals surface area (Å²) in [5.41, 5.74) is 5.72. The minimum Gasteiger partial charge on any atom is -0.268 e. The normalized spacial score (nSPS) is 11.6. The van der Waals surface area contributed by atoms with E-state index in [-0.39, 0.29) is 5.56 Å². The van der Waals surface area contributed by atoms with Crippen LogP contribution < -0.4 is 10.1 Å². The summed E-state index contributed by atoms with van der Waals surface area (Å²) in [6, 6.07) is 10.2. The number of anilines is 1. The van der Waals surface area contributed by atoms with Gasteiger partial charge in [-0.15, -0.1) is 11.3 Å². The average molecular weight is 483 g/mol. The fourth-order valence-corrected chi connectivity index (χ4v) is 4.16. The van der Waals surface area contributed by atoms with E-state index in [1.165, 1.54) is 17.6 Å². The number of aryl methyl sites for hydroxylation is 1. The number of nitrogens with one attached hydrogen (secondary N) is 2. The van der Waals surface area contributed by atoms with Gasteiger partial charge in [-0.2, -0.15) is 5.10 Å². The van der Waals surface area contributed by atoms with E-state index in [4.69, 9.17) is 23.2 Å². The monoisotopic (exact) mass is 482 g/mol. The highest BCUT2D eigenvalue weighted by Gasteiger charge is 2.15. The summed E-state index contributed by atoms with van der Waals surface area (Å²) in [7, 11) is -3.68. The first-order valence-electron chi connectivity index (χ1n) is 8.44. The van der Waals surface area contributed by atoms with Crippen molar-refractivity contribution in [2.45, 2.75) is 6.92 Å². The molecule has 3 rings (SSSR count). The molecule has 30 heavy (non-hydrogen) atoms. The van der Waals surface area contributed by atoms with E-state index in [9.17, 15) is 13.2 Å². The number of amides is 1. The van der Waals surface area contributed by atoms with E-state index in [1.807, 2.05) is 10.1 Å². The smallest absolute Gasteiger partial charge is 0.265 e. The molecule has 0 saturated carbocycles. The van der Waals surface area contributed by atoms with Gasteiger partial charge in [0.1, 0.15) is 0 Å². The summed E-state index contributed by atoms with van der Waals surface area (Å²) in [6.07, 6.45) is 2.34. The lowest BCUT2D eigenvalue weighted by molar-refractivity contribution is 0.0981. The maximum atomic E-state index is 12.3. The fraction of sp³-hybridized carbons (Fsp3) is 0.105. The van der Waals surface area contributed by atoms with E-state index >= 15 is 0 Å². The summed E-state index contributed by atoms with van der Waals surface area (Å²) in [5, 5.41) is 7.49. The Morgan fingerprint density at radius 2 is 1.87 bits per heavy atom. The van der Waals surface area contributed by atoms with Crippen LogP contribution in [0, 0.1) is 6.92 Å². The van der Waals surface area contributed by atoms with Crippen LogP contribution in [0.25, 0.3) is 11.3 Å². The number of hydrazone groups is 1. The van der Waals surface area contributed by atoms with Gasteiger partial charge in [-0.1, -0.05) is 40.9 Å². The maximum absolute atomic E-state index is 12.3. The summed E-state index contributed by atoms with van der Waals surface area (Å²) < 4.78 is 24.7. The highest BCUT2D eigenvalue weighted by Crippen LogP contribution is 2.29. The highest BCUT2D eigenvalue weighted by atomic mass is 35.5. The highest BCUT2D eigenvalue weighted by molar-refractivity contribution is 7.89. The first-order chi connectivity index (χ1) is 14.1. The van der Waals surface area contributed by atoms with Crippen molar-refractivity contribution < 1.29 is 13.2 Å². The van der Waals surface area contributed by atoms with Gasteiger partial charge in [-0.25, -0.2) is 18.1 Å². The van der Waals surface area contributed by atoms with Gasteiger partial charge in [0, 0.05) is 32.1 Å². The Labute approximate surface area is 187 Å². The SMILES string of the molecule is Cc1ccc(/C=N/Nc2nc(-c3cc(Cl)cc(Cl)c3)cs2)c(C(=O)NS(C)(=O)=O)c1. The van der Waals surface area contributed by atoms with Crippen LogP contribution in [-0.2, 0) is 10.0 Å². The first kappa shape index (κ1) is 22.2. The quantitative estimate of drug-likeness (QED) is 0.396. The Hall–Kier alpha value is -2.46. The van der Waals surface area contributed by atoms with Crippen LogP contribution in [0.1, 0.15) is 21.5 Å². The molecule has 11 heteroatoms. The number of sulfonamides is 1. The number of nitrogens with zero attached hydrogens (tertiary/aromatic N) is 2. The molecule has 0 saturated heterocycles. The molecule has 0 aliphatic carbocycles. The van der Waals surface area contributed by atoms with Gasteiger partial charge < -0.3 is 0 Å². The second-order valence-electron chi connectivity index (χ2n) is 6.36. The molecule has 0 spiro atoms. The van der Waals surface area contributed by atoms with Crippen molar-refractivity contribution in [2.24, 2.45) is 5.10 Å². The first-order valence-corrected chi connectivity index (χ1v) is 12.0. The van der Waals surface area contributed by atoms with E-state index in [0.717, 1.165) is 17.4 Å². The van der Waals surface area contributed by atoms with Crippen LogP contribution in [-0.4, -0.2) is 31.8 Å². The van der Waals surface area contributed by atoms with E-state index < -0.39 is 15.9 Å². The summed E-state index contributed by atoms with van der Waals surface area (Å²) in [4.78, 5) is 16.7. The third kappa shape index (κ3) is 6.02. The van der Waals surface area contributed by atoms with Gasteiger partial charge >= 0.3 is 0 Å². The molecule has 0 radical (unpaired) electrons. The zero-order chi connectivity index (χ0) is 21.9. The molecule has 2 N–H and O–H groups in total. The fourth-order valence-electron chi connectivity index (χ4n) is 2.52. The zero-order valence-electron chi connectivity index (χ0n) is 15.8. The number of rotatable bonds is 6. The minimum absolute atomic E-state index is 0.194. The predicted octanol–water partition coefficient (Wildman–Crippen LogP) is 4.56. The van der Waals surface area contributed by atoms with Gasteiger partial charge in [0.25, 0.3) is 5.91 Å². The van der Waals surface area contributed by atoms with Crippen LogP contribution in [0.2, 0.25) is 10.0 Å². The van der Waals surface area contributed by atoms with Crippen molar-refractivity contribution in [1.82, 2.24) is 9.71 Å². The lowest BCUT2D eigenvalue weighted by atomic mass is 10.1. The van der Waals surface area contributed by atoms with Crippen molar-refractivity contribution in [3.63, 3.8) is 0 Å². The van der Waals surface area contributed by atoms with Crippen molar-refractivity contribution in [2.75, 3.05) is 11.7 Å². The average Bonchev–Trinajstić information content (AvgIpc) is 3.09. The molecule has 156 valence electrons. The number of benzene rings is 2. The Morgan fingerprint density at radius 3 is 2.53 bits per heavy atom. The molecule has 0 unspecified atom stereocenters. The zero-order valence-corrected chi connectivity index (χ0v) is 19.0. The maximum Gasteiger partial charge on any atom is 0.265 e. The molecule has 0 bridgehead atoms. The molecule has 0 aliphatic heterocycles. The lowest BCUT2D eigenvalue weighted by Gasteiger charge is -2.07. The van der Waals surface area contributed by atoms with Crippen molar-refractivity contribution in [3.05, 3.63) is 68.5 Å². The second kappa shape index (κ2) is 9.13. The molecule has 1 aromatic heterocycles. The van der Waals surface area contributed by atoms with Gasteiger partial charge in [-0.05, 0) is 31.2 Å². The number of hydrogen-bond donors (Lipinski definition) is 2. The van der Waals surface area contributed by atoms with Crippen LogP contribution in [0.15, 0.2) is 46.9 Å². The standard InChI is InChI=1S/C19H16Cl2N4O3S2/c1-11-3-4-12(16(5-11)18(26)25-30(2,27)28)9-22-24-19-23-17(10-29-19)13-6-14(20)8-15(21)7-13/h3-10H,1-2H3,(H,23,24)(H,25,26)/b22-9+. The van der Waals surface area contributed by atoms with Crippen LogP contribution in [0.3, 0.4) is 0 Å². The number of hydrogen-bond acceptors (Lipinski definition) is 7. The summed E-state index contributed by atoms with van der Waals surface area (Å²) >= 11 is 13.4. The Balaban J connectivity index is 1.78. The van der Waals surface area contributed by atoms with E-state index in [2.05, 4.69) is 15.5 Å². The van der Waals surface area contributed by atoms with Crippen LogP contribution in [0.5, 0.6) is 0 Å². The van der Waals surface area contributed by atoms with Gasteiger partial charge in [0.2, 0.25) is 15.2 Å². The third-order valence-corrected chi connectivity index (χ3v) is 5.50. The lowest BCUT2D eigenvalue weighted by Crippen LogP contribution is -2.30. The Bertz CT molecular complexity index is 1220. The summed E-state index contributed by atoms with van der Waals surface area (Å²) in [5.74, 6) is -0.725. The topological polar surface area (TPSA) is 101 Å². The Morgan fingerprint density at radius 1 is 1.17 bits per heavy atom. The minimum atomic E-state index is -3.68. The van der Waals surface area contributed by atoms with Crippen molar-refractivity contribution >= 4 is 61.8 Å². The summed E-state index contributed by atoms with van der Waals surface area (Å²) in [6.45, 7) is 1.80. The van der Waals surface area contributed by atoms with Crippen molar-refractivity contribution in [1.29, 1.82) is 0 Å². The molecule has 2 aromatic carbocycles. The molecule has 0 aliphatic rings. The number of aromatic nitrogens is 1. The molecular formula is C19H16Cl2N4O3S2. The van der Waals surface area contributed by atoms with E-state index in [1.54, 1.807) is 43.3 Å². The third-order valence-electron chi connectivity index (χ3n) is 3.76. The molecule has 7 nitrogen and oxygen atoms in total. The predicted molar refractivity (Wildman–Crippen MR) is 122 cm³/mol. The van der Waals surface area contributed by atoms with Crippen molar-refractivity contribution in [3.8, 4) is 11.3 Å². The molecule has 0 fully saturated rings. The van der Waals surface area contributed by atoms with Gasteiger partial charge in [-0.3, -0.25) is 10.2 Å². The molecule has 1 heterocycles. The Kier molecular flexibility index (Phi) is 6.77. The molecular weight excluding hydrogens is 467 g/mol. The molecule has 0 atom stereocenters. The van der Waals surface area contributed by atoms with Gasteiger partial charge in [0.05, 0.1) is 18.2 Å². The largest absolute Gasteiger partial charge is 0.268 e. The molecule has 3 aromatic rings. The van der Waals surface area contributed by atoms with Gasteiger partial charge in [0.15, 0.2) is 0 Å². The molecule has 1 amide bonds. The number of thiazole rings is 1. The van der Waals surface area contributed by atoms with E-state index in [0.29, 0.717) is 26.4 Å². The number of carbonyl (C=O) groups excluding carboxylic acids is 1. The number of halogens is 2.